The summed E-state index contributed by atoms with van der Waals surface area (Å²) in [4.78, 5) is 22.9. The minimum atomic E-state index is -4.26. The van der Waals surface area contributed by atoms with E-state index >= 15 is 0 Å². The number of alkyl halides is 3. The fourth-order valence-corrected chi connectivity index (χ4v) is 4.25. The first-order valence-electron chi connectivity index (χ1n) is 10.9. The molecule has 1 atom stereocenters. The van der Waals surface area contributed by atoms with Gasteiger partial charge in [0.05, 0.1) is 41.1 Å². The Morgan fingerprint density at radius 1 is 1.26 bits per heavy atom. The first-order valence-corrected chi connectivity index (χ1v) is 11.6. The van der Waals surface area contributed by atoms with Gasteiger partial charge >= 0.3 is 12.2 Å². The molecular weight excluding hydrogens is 494 g/mol. The summed E-state index contributed by atoms with van der Waals surface area (Å²) in [7, 11) is 0. The number of rotatable bonds is 8. The normalized spacial score (nSPS) is 14.1. The lowest BCUT2D eigenvalue weighted by Crippen LogP contribution is -2.41. The zero-order valence-electron chi connectivity index (χ0n) is 18.8. The van der Waals surface area contributed by atoms with Crippen LogP contribution in [0, 0.1) is 0 Å². The number of nitrogens with two attached hydrogens (primary N) is 1. The first-order chi connectivity index (χ1) is 16.0. The highest BCUT2D eigenvalue weighted by molar-refractivity contribution is 6.37. The number of amides is 2. The largest absolute Gasteiger partial charge is 0.492 e. The lowest BCUT2D eigenvalue weighted by molar-refractivity contribution is -0.136. The zero-order chi connectivity index (χ0) is 25.0. The number of benzene rings is 1. The number of nitrogens with zero attached hydrogens (tertiary/aromatic N) is 3. The van der Waals surface area contributed by atoms with E-state index in [0.29, 0.717) is 22.5 Å². The molecule has 2 aromatic rings. The fraction of sp³-hybridized carbons (Fsp3) is 0.500. The van der Waals surface area contributed by atoms with E-state index in [0.717, 1.165) is 12.8 Å². The number of hydrogen-bond donors (Lipinski definition) is 2. The average Bonchev–Trinajstić information content (AvgIpc) is 3.15. The molecule has 1 unspecified atom stereocenters. The molecule has 186 valence electrons. The quantitative estimate of drug-likeness (QED) is 0.419. The van der Waals surface area contributed by atoms with Crippen molar-refractivity contribution in [2.45, 2.75) is 64.8 Å². The summed E-state index contributed by atoms with van der Waals surface area (Å²) in [5.74, 6) is 0.184. The molecule has 34 heavy (non-hydrogen) atoms. The second kappa shape index (κ2) is 10.9. The van der Waals surface area contributed by atoms with E-state index in [2.05, 4.69) is 15.3 Å². The van der Waals surface area contributed by atoms with Gasteiger partial charge in [-0.15, -0.1) is 0 Å². The predicted octanol–water partition coefficient (Wildman–Crippen LogP) is 5.97. The summed E-state index contributed by atoms with van der Waals surface area (Å²) < 4.78 is 42.7. The molecule has 0 saturated heterocycles. The molecule has 0 spiro atoms. The maximum absolute atomic E-state index is 12.7. The van der Waals surface area contributed by atoms with Crippen LogP contribution in [0.2, 0.25) is 10.0 Å². The van der Waals surface area contributed by atoms with Crippen LogP contribution in [-0.4, -0.2) is 39.7 Å². The molecule has 0 saturated carbocycles. The van der Waals surface area contributed by atoms with E-state index in [1.54, 1.807) is 4.90 Å². The summed E-state index contributed by atoms with van der Waals surface area (Å²) >= 11 is 12.6. The minimum Gasteiger partial charge on any atom is -0.492 e. The van der Waals surface area contributed by atoms with Crippen molar-refractivity contribution in [1.29, 1.82) is 0 Å². The molecule has 2 heterocycles. The van der Waals surface area contributed by atoms with Gasteiger partial charge in [-0.3, -0.25) is 0 Å². The number of ether oxygens (including phenoxy) is 1. The summed E-state index contributed by atoms with van der Waals surface area (Å²) in [6.07, 6.45) is -3.63. The topological polar surface area (TPSA) is 93.4 Å². The van der Waals surface area contributed by atoms with Crippen LogP contribution in [0.4, 0.5) is 23.9 Å². The number of fused-ring (bicyclic) bond motifs is 1. The van der Waals surface area contributed by atoms with E-state index in [1.807, 2.05) is 13.8 Å². The van der Waals surface area contributed by atoms with Gasteiger partial charge in [-0.2, -0.15) is 13.2 Å². The maximum Gasteiger partial charge on any atom is 0.389 e. The van der Waals surface area contributed by atoms with Gasteiger partial charge in [-0.1, -0.05) is 36.5 Å². The number of halogens is 5. The Morgan fingerprint density at radius 2 is 2.00 bits per heavy atom. The third-order valence-corrected chi connectivity index (χ3v) is 5.93. The fourth-order valence-electron chi connectivity index (χ4n) is 3.72. The molecule has 12 heteroatoms. The molecule has 1 aromatic heterocycles. The van der Waals surface area contributed by atoms with Crippen LogP contribution in [0.15, 0.2) is 12.1 Å². The Hall–Kier alpha value is -2.46. The molecule has 0 aliphatic carbocycles. The van der Waals surface area contributed by atoms with E-state index in [1.165, 1.54) is 12.1 Å². The monoisotopic (exact) mass is 519 g/mol. The van der Waals surface area contributed by atoms with Crippen molar-refractivity contribution in [3.8, 4) is 17.0 Å². The molecule has 1 aromatic carbocycles. The standard InChI is InChI=1S/C22H26Cl2F3N5O2/c1-3-5-12(2)29-21(33)32-10-14-17(11-32)30-20(28)31-19(14)13-8-18(16(24)9-15(13)23)34-7-4-6-22(25,26)27/h8-9,12H,3-7,10-11H2,1-2H3,(H,29,33)(H2,28,30,31). The summed E-state index contributed by atoms with van der Waals surface area (Å²) in [6, 6.07) is 2.76. The van der Waals surface area contributed by atoms with E-state index < -0.39 is 12.6 Å². The van der Waals surface area contributed by atoms with Crippen molar-refractivity contribution in [2.75, 3.05) is 12.3 Å². The molecule has 3 rings (SSSR count). The number of hydrogen-bond acceptors (Lipinski definition) is 5. The van der Waals surface area contributed by atoms with E-state index in [9.17, 15) is 18.0 Å². The van der Waals surface area contributed by atoms with E-state index in [-0.39, 0.29) is 59.9 Å². The Kier molecular flexibility index (Phi) is 8.35. The van der Waals surface area contributed by atoms with Gasteiger partial charge in [0, 0.05) is 23.6 Å². The molecule has 1 aliphatic rings. The van der Waals surface area contributed by atoms with Gasteiger partial charge in [-0.05, 0) is 31.9 Å². The van der Waals surface area contributed by atoms with E-state index in [4.69, 9.17) is 33.7 Å². The summed E-state index contributed by atoms with van der Waals surface area (Å²) in [6.45, 7) is 4.32. The van der Waals surface area contributed by atoms with Gasteiger partial charge in [0.2, 0.25) is 5.95 Å². The van der Waals surface area contributed by atoms with Crippen LogP contribution in [0.5, 0.6) is 5.75 Å². The first kappa shape index (κ1) is 26.2. The number of nitrogen functional groups attached to an aromatic ring is 1. The van der Waals surface area contributed by atoms with Gasteiger partial charge in [-0.25, -0.2) is 14.8 Å². The summed E-state index contributed by atoms with van der Waals surface area (Å²) in [5.41, 5.74) is 8.05. The number of aromatic nitrogens is 2. The lowest BCUT2D eigenvalue weighted by Gasteiger charge is -2.20. The molecule has 0 bridgehead atoms. The van der Waals surface area contributed by atoms with Gasteiger partial charge in [0.1, 0.15) is 5.75 Å². The van der Waals surface area contributed by atoms with Crippen molar-refractivity contribution < 1.29 is 22.7 Å². The highest BCUT2D eigenvalue weighted by Gasteiger charge is 2.30. The number of anilines is 1. The van der Waals surface area contributed by atoms with Crippen LogP contribution in [0.3, 0.4) is 0 Å². The van der Waals surface area contributed by atoms with Crippen molar-refractivity contribution >= 4 is 35.2 Å². The minimum absolute atomic E-state index is 0.00835. The van der Waals surface area contributed by atoms with Crippen LogP contribution in [0.25, 0.3) is 11.3 Å². The zero-order valence-corrected chi connectivity index (χ0v) is 20.3. The van der Waals surface area contributed by atoms with Crippen LogP contribution in [-0.2, 0) is 13.1 Å². The number of urea groups is 1. The third kappa shape index (κ3) is 6.56. The number of carbonyl (C=O) groups excluding carboxylic acids is 1. The smallest absolute Gasteiger partial charge is 0.389 e. The highest BCUT2D eigenvalue weighted by atomic mass is 35.5. The van der Waals surface area contributed by atoms with Crippen molar-refractivity contribution in [2.24, 2.45) is 0 Å². The van der Waals surface area contributed by atoms with Crippen LogP contribution < -0.4 is 15.8 Å². The second-order valence-corrected chi connectivity index (χ2v) is 9.00. The predicted molar refractivity (Wildman–Crippen MR) is 125 cm³/mol. The van der Waals surface area contributed by atoms with Crippen LogP contribution in [0.1, 0.15) is 50.8 Å². The van der Waals surface area contributed by atoms with Crippen LogP contribution >= 0.6 is 23.2 Å². The molecule has 1 aliphatic heterocycles. The van der Waals surface area contributed by atoms with Gasteiger partial charge in [0.15, 0.2) is 0 Å². The molecule has 3 N–H and O–H groups in total. The number of carbonyl (C=O) groups is 1. The summed E-state index contributed by atoms with van der Waals surface area (Å²) in [5, 5.41) is 3.38. The average molecular weight is 520 g/mol. The maximum atomic E-state index is 12.7. The van der Waals surface area contributed by atoms with Crippen molar-refractivity contribution in [3.05, 3.63) is 33.4 Å². The Morgan fingerprint density at radius 3 is 2.68 bits per heavy atom. The second-order valence-electron chi connectivity index (χ2n) is 8.18. The van der Waals surface area contributed by atoms with Gasteiger partial charge < -0.3 is 20.7 Å². The Balaban J connectivity index is 1.84. The molecular formula is C22H26Cl2F3N5O2. The number of nitrogens with one attached hydrogen (secondary N) is 1. The SMILES string of the molecule is CCCC(C)NC(=O)N1Cc2nc(N)nc(-c3cc(OCCCC(F)(F)F)c(Cl)cc3Cl)c2C1. The Labute approximate surface area is 205 Å². The Bertz CT molecular complexity index is 1050. The molecule has 7 nitrogen and oxygen atoms in total. The third-order valence-electron chi connectivity index (χ3n) is 5.32. The van der Waals surface area contributed by atoms with Crippen molar-refractivity contribution in [3.63, 3.8) is 0 Å². The highest BCUT2D eigenvalue weighted by Crippen LogP contribution is 2.40. The van der Waals surface area contributed by atoms with Crippen molar-refractivity contribution in [1.82, 2.24) is 20.2 Å². The molecule has 0 fully saturated rings. The lowest BCUT2D eigenvalue weighted by atomic mass is 10.1. The molecule has 2 amide bonds. The molecule has 0 radical (unpaired) electrons. The van der Waals surface area contributed by atoms with Gasteiger partial charge in [0.25, 0.3) is 0 Å².